The van der Waals surface area contributed by atoms with E-state index in [0.29, 0.717) is 23.2 Å². The monoisotopic (exact) mass is 317 g/mol. The largest absolute Gasteiger partial charge is 0.477 e. The second-order valence-corrected chi connectivity index (χ2v) is 5.61. The van der Waals surface area contributed by atoms with Crippen molar-refractivity contribution in [1.29, 1.82) is 0 Å². The number of hydrogen-bond acceptors (Lipinski definition) is 4. The zero-order chi connectivity index (χ0) is 15.7. The number of rotatable bonds is 3. The number of fused-ring (bicyclic) bond motifs is 1. The molecule has 5 nitrogen and oxygen atoms in total. The Kier molecular flexibility index (Phi) is 3.98. The van der Waals surface area contributed by atoms with Gasteiger partial charge in [-0.15, -0.1) is 0 Å². The predicted octanol–water partition coefficient (Wildman–Crippen LogP) is 3.12. The minimum Gasteiger partial charge on any atom is -0.477 e. The number of hydrogen-bond donors (Lipinski definition) is 0. The van der Waals surface area contributed by atoms with Crippen molar-refractivity contribution in [3.63, 3.8) is 0 Å². The highest BCUT2D eigenvalue weighted by molar-refractivity contribution is 6.30. The molecule has 0 radical (unpaired) electrons. The van der Waals surface area contributed by atoms with Crippen LogP contribution in [0.2, 0.25) is 5.02 Å². The Balaban J connectivity index is 1.89. The van der Waals surface area contributed by atoms with E-state index in [1.165, 1.54) is 12.4 Å². The van der Waals surface area contributed by atoms with E-state index in [1.807, 2.05) is 26.0 Å². The molecule has 0 aliphatic carbocycles. The van der Waals surface area contributed by atoms with Gasteiger partial charge in [-0.1, -0.05) is 11.6 Å². The van der Waals surface area contributed by atoms with Crippen LogP contribution < -0.4 is 9.64 Å². The van der Waals surface area contributed by atoms with Gasteiger partial charge in [0.05, 0.1) is 19.0 Å². The van der Waals surface area contributed by atoms with Gasteiger partial charge >= 0.3 is 0 Å². The van der Waals surface area contributed by atoms with Crippen LogP contribution in [-0.4, -0.2) is 28.5 Å². The standard InChI is InChI=1S/C16H16ClN3O2/c1-3-22-15-9-18-13(8-19-15)16(21)20-10(2)6-11-7-12(17)4-5-14(11)20/h4-5,7-10H,3,6H2,1-2H3. The molecule has 1 aliphatic rings. The van der Waals surface area contributed by atoms with Gasteiger partial charge in [-0.3, -0.25) is 4.79 Å². The van der Waals surface area contributed by atoms with E-state index in [4.69, 9.17) is 16.3 Å². The van der Waals surface area contributed by atoms with Gasteiger partial charge in [0.15, 0.2) is 0 Å². The summed E-state index contributed by atoms with van der Waals surface area (Å²) in [6.07, 6.45) is 3.71. The third-order valence-electron chi connectivity index (χ3n) is 3.62. The highest BCUT2D eigenvalue weighted by Gasteiger charge is 2.32. The first-order valence-corrected chi connectivity index (χ1v) is 7.54. The van der Waals surface area contributed by atoms with Crippen LogP contribution in [0, 0.1) is 0 Å². The van der Waals surface area contributed by atoms with Crippen molar-refractivity contribution < 1.29 is 9.53 Å². The third-order valence-corrected chi connectivity index (χ3v) is 3.85. The molecule has 22 heavy (non-hydrogen) atoms. The zero-order valence-electron chi connectivity index (χ0n) is 12.4. The maximum atomic E-state index is 12.7. The van der Waals surface area contributed by atoms with E-state index in [0.717, 1.165) is 17.7 Å². The number of anilines is 1. The molecule has 0 spiro atoms. The minimum absolute atomic E-state index is 0.0642. The normalized spacial score (nSPS) is 16.5. The first-order chi connectivity index (χ1) is 10.6. The smallest absolute Gasteiger partial charge is 0.278 e. The molecular weight excluding hydrogens is 302 g/mol. The van der Waals surface area contributed by atoms with Gasteiger partial charge < -0.3 is 9.64 Å². The van der Waals surface area contributed by atoms with Crippen LogP contribution in [-0.2, 0) is 6.42 Å². The molecule has 1 atom stereocenters. The van der Waals surface area contributed by atoms with Gasteiger partial charge in [-0.25, -0.2) is 9.97 Å². The molecule has 2 aromatic rings. The summed E-state index contributed by atoms with van der Waals surface area (Å²) in [5, 5.41) is 0.682. The zero-order valence-corrected chi connectivity index (χ0v) is 13.2. The van der Waals surface area contributed by atoms with Gasteiger partial charge in [-0.05, 0) is 44.0 Å². The summed E-state index contributed by atoms with van der Waals surface area (Å²) in [6, 6.07) is 5.64. The van der Waals surface area contributed by atoms with Gasteiger partial charge in [0.2, 0.25) is 5.88 Å². The number of carbonyl (C=O) groups excluding carboxylic acids is 1. The Bertz CT molecular complexity index is 703. The lowest BCUT2D eigenvalue weighted by atomic mass is 10.1. The number of nitrogens with zero attached hydrogens (tertiary/aromatic N) is 3. The van der Waals surface area contributed by atoms with Crippen molar-refractivity contribution in [3.05, 3.63) is 46.9 Å². The molecule has 114 valence electrons. The Morgan fingerprint density at radius 3 is 2.91 bits per heavy atom. The number of carbonyl (C=O) groups is 1. The SMILES string of the molecule is CCOc1cnc(C(=O)N2c3ccc(Cl)cc3CC2C)cn1. The molecule has 0 saturated carbocycles. The Hall–Kier alpha value is -2.14. The van der Waals surface area contributed by atoms with Crippen LogP contribution in [0.5, 0.6) is 5.88 Å². The second kappa shape index (κ2) is 5.93. The Morgan fingerprint density at radius 2 is 2.23 bits per heavy atom. The predicted molar refractivity (Wildman–Crippen MR) is 84.6 cm³/mol. The van der Waals surface area contributed by atoms with Crippen LogP contribution in [0.4, 0.5) is 5.69 Å². The van der Waals surface area contributed by atoms with E-state index in [-0.39, 0.29) is 11.9 Å². The molecule has 1 unspecified atom stereocenters. The molecule has 6 heteroatoms. The van der Waals surface area contributed by atoms with E-state index in [2.05, 4.69) is 9.97 Å². The summed E-state index contributed by atoms with van der Waals surface area (Å²) < 4.78 is 5.24. The number of aromatic nitrogens is 2. The molecule has 1 aromatic heterocycles. The molecule has 0 N–H and O–H groups in total. The minimum atomic E-state index is -0.163. The number of halogens is 1. The molecule has 1 aliphatic heterocycles. The maximum absolute atomic E-state index is 12.7. The first kappa shape index (κ1) is 14.8. The van der Waals surface area contributed by atoms with E-state index in [1.54, 1.807) is 11.0 Å². The van der Waals surface area contributed by atoms with Crippen molar-refractivity contribution in [3.8, 4) is 5.88 Å². The van der Waals surface area contributed by atoms with Crippen LogP contribution in [0.3, 0.4) is 0 Å². The lowest BCUT2D eigenvalue weighted by molar-refractivity contribution is 0.0976. The summed E-state index contributed by atoms with van der Waals surface area (Å²) in [7, 11) is 0. The second-order valence-electron chi connectivity index (χ2n) is 5.17. The fourth-order valence-electron chi connectivity index (χ4n) is 2.68. The first-order valence-electron chi connectivity index (χ1n) is 7.17. The fraction of sp³-hybridized carbons (Fsp3) is 0.312. The summed E-state index contributed by atoms with van der Waals surface area (Å²) in [5.41, 5.74) is 2.27. The van der Waals surface area contributed by atoms with Gasteiger partial charge in [-0.2, -0.15) is 0 Å². The topological polar surface area (TPSA) is 55.3 Å². The van der Waals surface area contributed by atoms with Gasteiger partial charge in [0.25, 0.3) is 5.91 Å². The molecule has 1 aromatic carbocycles. The highest BCUT2D eigenvalue weighted by atomic mass is 35.5. The quantitative estimate of drug-likeness (QED) is 0.872. The number of benzene rings is 1. The lowest BCUT2D eigenvalue weighted by Gasteiger charge is -2.22. The third kappa shape index (κ3) is 2.64. The molecule has 0 bridgehead atoms. The molecule has 1 amide bonds. The summed E-state index contributed by atoms with van der Waals surface area (Å²) >= 11 is 6.02. The van der Waals surface area contributed by atoms with Gasteiger partial charge in [0, 0.05) is 16.8 Å². The van der Waals surface area contributed by atoms with Crippen molar-refractivity contribution in [2.45, 2.75) is 26.3 Å². The van der Waals surface area contributed by atoms with E-state index in [9.17, 15) is 4.79 Å². The molecule has 3 rings (SSSR count). The van der Waals surface area contributed by atoms with E-state index < -0.39 is 0 Å². The summed E-state index contributed by atoms with van der Waals surface area (Å²) in [5.74, 6) is 0.254. The van der Waals surface area contributed by atoms with Gasteiger partial charge in [0.1, 0.15) is 5.69 Å². The Morgan fingerprint density at radius 1 is 1.41 bits per heavy atom. The maximum Gasteiger partial charge on any atom is 0.278 e. The average molecular weight is 318 g/mol. The van der Waals surface area contributed by atoms with Crippen molar-refractivity contribution in [2.24, 2.45) is 0 Å². The lowest BCUT2D eigenvalue weighted by Crippen LogP contribution is -2.36. The average Bonchev–Trinajstić information content (AvgIpc) is 2.82. The highest BCUT2D eigenvalue weighted by Crippen LogP contribution is 2.34. The molecule has 2 heterocycles. The van der Waals surface area contributed by atoms with Crippen LogP contribution >= 0.6 is 11.6 Å². The van der Waals surface area contributed by atoms with E-state index >= 15 is 0 Å². The van der Waals surface area contributed by atoms with Crippen molar-refractivity contribution in [1.82, 2.24) is 9.97 Å². The Labute approximate surface area is 133 Å². The molecular formula is C16H16ClN3O2. The molecule has 0 saturated heterocycles. The van der Waals surface area contributed by atoms with Crippen LogP contribution in [0.15, 0.2) is 30.6 Å². The molecule has 0 fully saturated rings. The van der Waals surface area contributed by atoms with Crippen molar-refractivity contribution in [2.75, 3.05) is 11.5 Å². The van der Waals surface area contributed by atoms with Crippen LogP contribution in [0.25, 0.3) is 0 Å². The fourth-order valence-corrected chi connectivity index (χ4v) is 2.88. The number of amides is 1. The number of ether oxygens (including phenoxy) is 1. The summed E-state index contributed by atoms with van der Waals surface area (Å²) in [6.45, 7) is 4.39. The van der Waals surface area contributed by atoms with Crippen LogP contribution in [0.1, 0.15) is 29.9 Å². The summed E-state index contributed by atoms with van der Waals surface area (Å²) in [4.78, 5) is 22.7. The van der Waals surface area contributed by atoms with Crippen molar-refractivity contribution >= 4 is 23.2 Å².